The lowest BCUT2D eigenvalue weighted by atomic mass is 10.2. The molecule has 0 aliphatic carbocycles. The number of methoxy groups -OCH3 is 1. The molecule has 1 amide bonds. The maximum Gasteiger partial charge on any atom is 0.259 e. The molecule has 1 aromatic heterocycles. The van der Waals surface area contributed by atoms with Gasteiger partial charge >= 0.3 is 0 Å². The van der Waals surface area contributed by atoms with Gasteiger partial charge in [-0.15, -0.1) is 11.8 Å². The molecule has 1 heterocycles. The van der Waals surface area contributed by atoms with E-state index in [1.54, 1.807) is 13.2 Å². The topological polar surface area (TPSA) is 77.2 Å². The molecular weight excluding hydrogens is 398 g/mol. The molecule has 0 aliphatic heterocycles. The molecule has 1 N–H and O–H groups in total. The maximum atomic E-state index is 12.5. The van der Waals surface area contributed by atoms with Crippen LogP contribution in [0.2, 0.25) is 5.02 Å². The van der Waals surface area contributed by atoms with Crippen LogP contribution < -0.4 is 10.1 Å². The quantitative estimate of drug-likeness (QED) is 0.585. The van der Waals surface area contributed by atoms with E-state index in [1.807, 2.05) is 50.2 Å². The number of thioether (sulfide) groups is 1. The Balaban J connectivity index is 1.60. The molecule has 0 aliphatic rings. The predicted octanol–water partition coefficient (Wildman–Crippen LogP) is 4.97. The summed E-state index contributed by atoms with van der Waals surface area (Å²) in [5, 5.41) is 7.11. The summed E-state index contributed by atoms with van der Waals surface area (Å²) < 4.78 is 10.6. The van der Waals surface area contributed by atoms with E-state index in [0.29, 0.717) is 39.5 Å². The lowest BCUT2D eigenvalue weighted by Gasteiger charge is -2.14. The Morgan fingerprint density at radius 1 is 1.32 bits per heavy atom. The Morgan fingerprint density at radius 2 is 2.11 bits per heavy atom. The van der Waals surface area contributed by atoms with Gasteiger partial charge in [0.15, 0.2) is 5.82 Å². The zero-order valence-corrected chi connectivity index (χ0v) is 17.3. The van der Waals surface area contributed by atoms with Gasteiger partial charge in [-0.1, -0.05) is 35.0 Å². The number of aryl methyl sites for hydroxylation is 1. The van der Waals surface area contributed by atoms with Gasteiger partial charge < -0.3 is 14.6 Å². The number of anilines is 1. The van der Waals surface area contributed by atoms with E-state index in [1.165, 1.54) is 11.8 Å². The van der Waals surface area contributed by atoms with E-state index in [4.69, 9.17) is 20.9 Å². The number of nitrogens with zero attached hydrogens (tertiary/aromatic N) is 2. The van der Waals surface area contributed by atoms with E-state index >= 15 is 0 Å². The number of ether oxygens (including phenoxy) is 1. The third-order valence-electron chi connectivity index (χ3n) is 4.02. The molecule has 146 valence electrons. The van der Waals surface area contributed by atoms with Crippen LogP contribution in [0.15, 0.2) is 47.0 Å². The van der Waals surface area contributed by atoms with Crippen molar-refractivity contribution < 1.29 is 14.1 Å². The Hall–Kier alpha value is -2.51. The van der Waals surface area contributed by atoms with Crippen molar-refractivity contribution in [2.24, 2.45) is 0 Å². The SMILES string of the molecule is COc1ccc(C)cc1NC(=O)C(C)SCc1noc(-c2ccccc2Cl)n1. The molecule has 0 fully saturated rings. The number of carbonyl (C=O) groups is 1. The Morgan fingerprint density at radius 3 is 2.86 bits per heavy atom. The largest absolute Gasteiger partial charge is 0.495 e. The lowest BCUT2D eigenvalue weighted by Crippen LogP contribution is -2.23. The second kappa shape index (κ2) is 9.12. The highest BCUT2D eigenvalue weighted by Gasteiger charge is 2.18. The number of rotatable bonds is 7. The van der Waals surface area contributed by atoms with Crippen molar-refractivity contribution >= 4 is 35.0 Å². The Bertz CT molecular complexity index is 977. The second-order valence-electron chi connectivity index (χ2n) is 6.14. The molecule has 0 spiro atoms. The van der Waals surface area contributed by atoms with E-state index in [9.17, 15) is 4.79 Å². The smallest absolute Gasteiger partial charge is 0.259 e. The fraction of sp³-hybridized carbons (Fsp3) is 0.250. The molecule has 0 bridgehead atoms. The summed E-state index contributed by atoms with van der Waals surface area (Å²) in [6.45, 7) is 3.79. The average Bonchev–Trinajstić information content (AvgIpc) is 3.15. The van der Waals surface area contributed by atoms with Crippen molar-refractivity contribution in [2.75, 3.05) is 12.4 Å². The van der Waals surface area contributed by atoms with Crippen LogP contribution in [-0.4, -0.2) is 28.4 Å². The molecule has 2 aromatic carbocycles. The fourth-order valence-electron chi connectivity index (χ4n) is 2.49. The summed E-state index contributed by atoms with van der Waals surface area (Å²) in [5.41, 5.74) is 2.38. The lowest BCUT2D eigenvalue weighted by molar-refractivity contribution is -0.115. The van der Waals surface area contributed by atoms with Crippen LogP contribution in [0.1, 0.15) is 18.3 Å². The minimum Gasteiger partial charge on any atom is -0.495 e. The molecular formula is C20H20ClN3O3S. The van der Waals surface area contributed by atoms with Gasteiger partial charge in [0, 0.05) is 0 Å². The molecule has 3 rings (SSSR count). The molecule has 6 nitrogen and oxygen atoms in total. The van der Waals surface area contributed by atoms with Crippen LogP contribution >= 0.6 is 23.4 Å². The van der Waals surface area contributed by atoms with Crippen LogP contribution in [0, 0.1) is 6.92 Å². The Labute approximate surface area is 172 Å². The van der Waals surface area contributed by atoms with Crippen LogP contribution in [0.4, 0.5) is 5.69 Å². The number of aromatic nitrogens is 2. The number of nitrogens with one attached hydrogen (secondary N) is 1. The third-order valence-corrected chi connectivity index (χ3v) is 5.49. The van der Waals surface area contributed by atoms with E-state index in [0.717, 1.165) is 5.56 Å². The van der Waals surface area contributed by atoms with Gasteiger partial charge in [-0.25, -0.2) is 0 Å². The first kappa shape index (κ1) is 20.2. The van der Waals surface area contributed by atoms with Gasteiger partial charge in [-0.3, -0.25) is 4.79 Å². The van der Waals surface area contributed by atoms with Gasteiger partial charge in [0.05, 0.1) is 34.4 Å². The van der Waals surface area contributed by atoms with E-state index in [2.05, 4.69) is 15.5 Å². The van der Waals surface area contributed by atoms with Gasteiger partial charge in [-0.05, 0) is 43.7 Å². The van der Waals surface area contributed by atoms with Gasteiger partial charge in [0.25, 0.3) is 5.89 Å². The zero-order valence-electron chi connectivity index (χ0n) is 15.7. The summed E-state index contributed by atoms with van der Waals surface area (Å²) in [7, 11) is 1.57. The number of halogens is 1. The highest BCUT2D eigenvalue weighted by Crippen LogP contribution is 2.28. The first-order valence-electron chi connectivity index (χ1n) is 8.62. The molecule has 1 unspecified atom stereocenters. The van der Waals surface area contributed by atoms with Gasteiger partial charge in [0.1, 0.15) is 5.75 Å². The summed E-state index contributed by atoms with van der Waals surface area (Å²) >= 11 is 7.57. The molecule has 0 radical (unpaired) electrons. The van der Waals surface area contributed by atoms with Crippen molar-refractivity contribution in [3.63, 3.8) is 0 Å². The van der Waals surface area contributed by atoms with Crippen molar-refractivity contribution in [3.8, 4) is 17.2 Å². The number of hydrogen-bond acceptors (Lipinski definition) is 6. The summed E-state index contributed by atoms with van der Waals surface area (Å²) in [6.07, 6.45) is 0. The van der Waals surface area contributed by atoms with Crippen LogP contribution in [0.3, 0.4) is 0 Å². The maximum absolute atomic E-state index is 12.5. The van der Waals surface area contributed by atoms with Crippen LogP contribution in [0.5, 0.6) is 5.75 Å². The molecule has 28 heavy (non-hydrogen) atoms. The van der Waals surface area contributed by atoms with Crippen molar-refractivity contribution in [2.45, 2.75) is 24.9 Å². The third kappa shape index (κ3) is 4.85. The molecule has 0 saturated heterocycles. The van der Waals surface area contributed by atoms with Crippen molar-refractivity contribution in [1.82, 2.24) is 10.1 Å². The van der Waals surface area contributed by atoms with Gasteiger partial charge in [0.2, 0.25) is 5.91 Å². The van der Waals surface area contributed by atoms with Crippen molar-refractivity contribution in [1.29, 1.82) is 0 Å². The van der Waals surface area contributed by atoms with E-state index < -0.39 is 0 Å². The zero-order chi connectivity index (χ0) is 20.1. The number of benzene rings is 2. The minimum atomic E-state index is -0.313. The monoisotopic (exact) mass is 417 g/mol. The average molecular weight is 418 g/mol. The predicted molar refractivity (Wildman–Crippen MR) is 112 cm³/mol. The first-order valence-corrected chi connectivity index (χ1v) is 10.0. The summed E-state index contributed by atoms with van der Waals surface area (Å²) in [6, 6.07) is 12.9. The number of carbonyl (C=O) groups excluding carboxylic acids is 1. The molecule has 3 aromatic rings. The molecule has 0 saturated carbocycles. The highest BCUT2D eigenvalue weighted by atomic mass is 35.5. The van der Waals surface area contributed by atoms with Crippen molar-refractivity contribution in [3.05, 3.63) is 58.9 Å². The number of amides is 1. The Kier molecular flexibility index (Phi) is 6.59. The highest BCUT2D eigenvalue weighted by molar-refractivity contribution is 7.99. The first-order chi connectivity index (χ1) is 13.5. The molecule has 8 heteroatoms. The van der Waals surface area contributed by atoms with Crippen LogP contribution in [-0.2, 0) is 10.5 Å². The summed E-state index contributed by atoms with van der Waals surface area (Å²) in [4.78, 5) is 16.9. The minimum absolute atomic E-state index is 0.122. The number of hydrogen-bond donors (Lipinski definition) is 1. The molecule has 1 atom stereocenters. The fourth-order valence-corrected chi connectivity index (χ4v) is 3.43. The van der Waals surface area contributed by atoms with Crippen LogP contribution in [0.25, 0.3) is 11.5 Å². The van der Waals surface area contributed by atoms with Gasteiger partial charge in [-0.2, -0.15) is 4.98 Å². The second-order valence-corrected chi connectivity index (χ2v) is 7.88. The van der Waals surface area contributed by atoms with E-state index in [-0.39, 0.29) is 11.2 Å². The standard InChI is InChI=1S/C20H20ClN3O3S/c1-12-8-9-17(26-3)16(10-12)22-19(25)13(2)28-11-18-23-20(27-24-18)14-6-4-5-7-15(14)21/h4-10,13H,11H2,1-3H3,(H,22,25). The summed E-state index contributed by atoms with van der Waals surface area (Å²) in [5.74, 6) is 1.81. The normalized spacial score (nSPS) is 11.9.